The molecule has 0 amide bonds. The Balaban J connectivity index is 2.10. The van der Waals surface area contributed by atoms with Crippen LogP contribution in [-0.2, 0) is 4.74 Å². The van der Waals surface area contributed by atoms with Gasteiger partial charge in [0.15, 0.2) is 0 Å². The summed E-state index contributed by atoms with van der Waals surface area (Å²) in [7, 11) is 1.68. The van der Waals surface area contributed by atoms with Crippen molar-refractivity contribution >= 4 is 11.3 Å². The van der Waals surface area contributed by atoms with Gasteiger partial charge in [-0.05, 0) is 44.5 Å². The van der Waals surface area contributed by atoms with Crippen molar-refractivity contribution in [1.82, 2.24) is 9.97 Å². The zero-order chi connectivity index (χ0) is 15.0. The molecule has 3 rings (SSSR count). The quantitative estimate of drug-likeness (QED) is 0.885. The Morgan fingerprint density at radius 3 is 2.67 bits per heavy atom. The van der Waals surface area contributed by atoms with Crippen LogP contribution in [0.2, 0.25) is 0 Å². The fourth-order valence-electron chi connectivity index (χ4n) is 2.69. The Labute approximate surface area is 124 Å². The summed E-state index contributed by atoms with van der Waals surface area (Å²) in [4.78, 5) is 11.3. The summed E-state index contributed by atoms with van der Waals surface area (Å²) in [5, 5.41) is 0. The van der Waals surface area contributed by atoms with Crippen LogP contribution in [0.1, 0.15) is 29.6 Å². The van der Waals surface area contributed by atoms with Gasteiger partial charge in [0.05, 0.1) is 18.5 Å². The van der Waals surface area contributed by atoms with Crippen LogP contribution in [0.25, 0.3) is 5.57 Å². The van der Waals surface area contributed by atoms with E-state index in [1.165, 1.54) is 5.56 Å². The van der Waals surface area contributed by atoms with E-state index in [9.17, 15) is 0 Å². The van der Waals surface area contributed by atoms with Crippen LogP contribution in [0.15, 0.2) is 46.9 Å². The van der Waals surface area contributed by atoms with Gasteiger partial charge in [0.25, 0.3) is 0 Å². The second-order valence-corrected chi connectivity index (χ2v) is 5.28. The van der Waals surface area contributed by atoms with E-state index in [1.807, 2.05) is 24.4 Å². The van der Waals surface area contributed by atoms with Crippen molar-refractivity contribution in [3.05, 3.63) is 64.6 Å². The first-order valence-electron chi connectivity index (χ1n) is 6.96. The average molecular weight is 281 g/mol. The smallest absolute Gasteiger partial charge is 0.147 e. The molecule has 0 spiro atoms. The standard InChI is InChI=1S/C17H19N3O/c1-10-8-11(2)19-16(10)12(3)17-15(21-4)9-14(20-17)13-6-5-7-18-13/h5-9,18-19H,1-4H3/b17-12+. The normalized spacial score (nSPS) is 16.8. The third-order valence-electron chi connectivity index (χ3n) is 3.71. The summed E-state index contributed by atoms with van der Waals surface area (Å²) in [5.74, 6) is 0.795. The number of ether oxygens (including phenoxy) is 1. The number of H-pyrrole nitrogens is 2. The monoisotopic (exact) mass is 281 g/mol. The molecule has 0 saturated carbocycles. The molecule has 4 heteroatoms. The van der Waals surface area contributed by atoms with Crippen LogP contribution in [0, 0.1) is 13.8 Å². The number of nitrogens with zero attached hydrogens (tertiary/aromatic N) is 1. The van der Waals surface area contributed by atoms with Crippen LogP contribution < -0.4 is 0 Å². The van der Waals surface area contributed by atoms with Crippen LogP contribution in [0.4, 0.5) is 0 Å². The summed E-state index contributed by atoms with van der Waals surface area (Å²) >= 11 is 0. The maximum absolute atomic E-state index is 5.50. The maximum Gasteiger partial charge on any atom is 0.147 e. The van der Waals surface area contributed by atoms with E-state index in [4.69, 9.17) is 9.73 Å². The predicted molar refractivity (Wildman–Crippen MR) is 85.3 cm³/mol. The van der Waals surface area contributed by atoms with Crippen molar-refractivity contribution in [2.24, 2.45) is 4.99 Å². The van der Waals surface area contributed by atoms with E-state index in [2.05, 4.69) is 36.8 Å². The first-order valence-corrected chi connectivity index (χ1v) is 6.96. The van der Waals surface area contributed by atoms with Crippen molar-refractivity contribution in [3.8, 4) is 0 Å². The highest BCUT2D eigenvalue weighted by atomic mass is 16.5. The number of hydrogen-bond donors (Lipinski definition) is 2. The largest absolute Gasteiger partial charge is 0.494 e. The average Bonchev–Trinajstić information content (AvgIpc) is 3.16. The molecular formula is C17H19N3O. The summed E-state index contributed by atoms with van der Waals surface area (Å²) in [5.41, 5.74) is 7.34. The maximum atomic E-state index is 5.50. The molecule has 2 aromatic rings. The third-order valence-corrected chi connectivity index (χ3v) is 3.71. The minimum Gasteiger partial charge on any atom is -0.494 e. The highest BCUT2D eigenvalue weighted by molar-refractivity contribution is 6.11. The molecule has 2 aromatic heterocycles. The van der Waals surface area contributed by atoms with Crippen LogP contribution in [-0.4, -0.2) is 22.8 Å². The topological polar surface area (TPSA) is 53.2 Å². The van der Waals surface area contributed by atoms with E-state index in [0.717, 1.165) is 39.8 Å². The zero-order valence-corrected chi connectivity index (χ0v) is 12.7. The molecule has 0 atom stereocenters. The van der Waals surface area contributed by atoms with Gasteiger partial charge < -0.3 is 14.7 Å². The molecule has 0 fully saturated rings. The second kappa shape index (κ2) is 5.13. The molecule has 21 heavy (non-hydrogen) atoms. The number of aromatic amines is 2. The Morgan fingerprint density at radius 1 is 1.29 bits per heavy atom. The number of allylic oxidation sites excluding steroid dienone is 2. The molecule has 0 aliphatic carbocycles. The van der Waals surface area contributed by atoms with Gasteiger partial charge in [-0.1, -0.05) is 0 Å². The van der Waals surface area contributed by atoms with Gasteiger partial charge in [-0.25, -0.2) is 4.99 Å². The lowest BCUT2D eigenvalue weighted by Gasteiger charge is -2.07. The summed E-state index contributed by atoms with van der Waals surface area (Å²) in [6, 6.07) is 6.11. The lowest BCUT2D eigenvalue weighted by atomic mass is 10.1. The third kappa shape index (κ3) is 2.33. The van der Waals surface area contributed by atoms with Crippen molar-refractivity contribution in [2.75, 3.05) is 7.11 Å². The van der Waals surface area contributed by atoms with Crippen LogP contribution >= 0.6 is 0 Å². The molecule has 3 heterocycles. The molecular weight excluding hydrogens is 262 g/mol. The molecule has 0 radical (unpaired) electrons. The van der Waals surface area contributed by atoms with Crippen LogP contribution in [0.3, 0.4) is 0 Å². The highest BCUT2D eigenvalue weighted by Gasteiger charge is 2.21. The number of aryl methyl sites for hydroxylation is 2. The minimum atomic E-state index is 0.795. The highest BCUT2D eigenvalue weighted by Crippen LogP contribution is 2.31. The SMILES string of the molecule is COC1=CC(c2ccc[nH]2)=N/C1=C(\C)c1[nH]c(C)cc1C. The van der Waals surface area contributed by atoms with Crippen LogP contribution in [0.5, 0.6) is 0 Å². The van der Waals surface area contributed by atoms with E-state index in [1.54, 1.807) is 7.11 Å². The second-order valence-electron chi connectivity index (χ2n) is 5.28. The van der Waals surface area contributed by atoms with Gasteiger partial charge >= 0.3 is 0 Å². The predicted octanol–water partition coefficient (Wildman–Crippen LogP) is 3.72. The van der Waals surface area contributed by atoms with Gasteiger partial charge in [0, 0.05) is 29.2 Å². The van der Waals surface area contributed by atoms with Crippen molar-refractivity contribution in [3.63, 3.8) is 0 Å². The van der Waals surface area contributed by atoms with Gasteiger partial charge in [-0.3, -0.25) is 0 Å². The molecule has 0 bridgehead atoms. The van der Waals surface area contributed by atoms with Gasteiger partial charge in [0.1, 0.15) is 11.5 Å². The number of rotatable bonds is 3. The van der Waals surface area contributed by atoms with E-state index >= 15 is 0 Å². The molecule has 1 aliphatic heterocycles. The number of hydrogen-bond acceptors (Lipinski definition) is 2. The lowest BCUT2D eigenvalue weighted by Crippen LogP contribution is -1.93. The molecule has 108 valence electrons. The number of aliphatic imine (C=N–C) groups is 1. The number of methoxy groups -OCH3 is 1. The Hall–Kier alpha value is -2.49. The van der Waals surface area contributed by atoms with Gasteiger partial charge in [0.2, 0.25) is 0 Å². The molecule has 1 aliphatic rings. The van der Waals surface area contributed by atoms with E-state index in [-0.39, 0.29) is 0 Å². The van der Waals surface area contributed by atoms with E-state index < -0.39 is 0 Å². The van der Waals surface area contributed by atoms with Crippen molar-refractivity contribution in [1.29, 1.82) is 0 Å². The molecule has 0 unspecified atom stereocenters. The first kappa shape index (κ1) is 13.5. The van der Waals surface area contributed by atoms with Crippen molar-refractivity contribution < 1.29 is 4.74 Å². The fourth-order valence-corrected chi connectivity index (χ4v) is 2.69. The lowest BCUT2D eigenvalue weighted by molar-refractivity contribution is 0.302. The Bertz CT molecular complexity index is 758. The number of nitrogens with one attached hydrogen (secondary N) is 2. The fraction of sp³-hybridized carbons (Fsp3) is 0.235. The first-order chi connectivity index (χ1) is 10.1. The molecule has 0 aromatic carbocycles. The molecule has 2 N–H and O–H groups in total. The van der Waals surface area contributed by atoms with Gasteiger partial charge in [-0.15, -0.1) is 0 Å². The molecule has 4 nitrogen and oxygen atoms in total. The Kier molecular flexibility index (Phi) is 3.29. The van der Waals surface area contributed by atoms with E-state index in [0.29, 0.717) is 0 Å². The minimum absolute atomic E-state index is 0.795. The van der Waals surface area contributed by atoms with Crippen molar-refractivity contribution in [2.45, 2.75) is 20.8 Å². The summed E-state index contributed by atoms with van der Waals surface area (Å²) < 4.78 is 5.50. The number of aromatic nitrogens is 2. The summed E-state index contributed by atoms with van der Waals surface area (Å²) in [6.45, 7) is 6.23. The van der Waals surface area contributed by atoms with Gasteiger partial charge in [-0.2, -0.15) is 0 Å². The summed E-state index contributed by atoms with van der Waals surface area (Å²) in [6.07, 6.45) is 3.86. The zero-order valence-electron chi connectivity index (χ0n) is 12.7. The Morgan fingerprint density at radius 2 is 2.10 bits per heavy atom. The molecule has 0 saturated heterocycles.